The minimum atomic E-state index is -0.169. The first-order chi connectivity index (χ1) is 13.3. The molecule has 0 aliphatic heterocycles. The van der Waals surface area contributed by atoms with Crippen molar-refractivity contribution in [1.82, 2.24) is 20.4 Å². The van der Waals surface area contributed by atoms with Crippen molar-refractivity contribution in [3.05, 3.63) is 60.2 Å². The molecule has 1 fully saturated rings. The molecule has 0 radical (unpaired) electrons. The zero-order valence-corrected chi connectivity index (χ0v) is 14.9. The normalized spacial score (nSPS) is 14.2. The Kier molecular flexibility index (Phi) is 5.09. The zero-order valence-electron chi connectivity index (χ0n) is 14.9. The van der Waals surface area contributed by atoms with Gasteiger partial charge in [-0.25, -0.2) is 4.79 Å². The Hall–Kier alpha value is -3.22. The number of hydrogen-bond donors (Lipinski definition) is 2. The van der Waals surface area contributed by atoms with Crippen LogP contribution in [0.3, 0.4) is 0 Å². The third kappa shape index (κ3) is 4.31. The van der Waals surface area contributed by atoms with Gasteiger partial charge in [0.25, 0.3) is 0 Å². The lowest BCUT2D eigenvalue weighted by Gasteiger charge is -2.14. The van der Waals surface area contributed by atoms with Gasteiger partial charge in [0.1, 0.15) is 0 Å². The van der Waals surface area contributed by atoms with Gasteiger partial charge in [0.05, 0.1) is 6.42 Å². The van der Waals surface area contributed by atoms with E-state index in [0.717, 1.165) is 29.7 Å². The van der Waals surface area contributed by atoms with Crippen LogP contribution in [0.1, 0.15) is 37.1 Å². The molecular weight excluding hydrogens is 342 g/mol. The molecule has 2 amide bonds. The highest BCUT2D eigenvalue weighted by atomic mass is 16.5. The minimum Gasteiger partial charge on any atom is -0.339 e. The molecule has 0 unspecified atom stereocenters. The van der Waals surface area contributed by atoms with Crippen LogP contribution in [0.25, 0.3) is 11.4 Å². The van der Waals surface area contributed by atoms with Gasteiger partial charge < -0.3 is 15.2 Å². The highest BCUT2D eigenvalue weighted by molar-refractivity contribution is 5.90. The van der Waals surface area contributed by atoms with E-state index in [0.29, 0.717) is 18.1 Å². The van der Waals surface area contributed by atoms with Gasteiger partial charge in [0.2, 0.25) is 11.7 Å². The molecule has 2 aromatic heterocycles. The Morgan fingerprint density at radius 2 is 1.89 bits per heavy atom. The number of urea groups is 1. The first-order valence-electron chi connectivity index (χ1n) is 9.16. The second-order valence-electron chi connectivity index (χ2n) is 6.66. The van der Waals surface area contributed by atoms with E-state index in [9.17, 15) is 4.79 Å². The summed E-state index contributed by atoms with van der Waals surface area (Å²) in [5.41, 5.74) is 2.52. The Morgan fingerprint density at radius 3 is 2.70 bits per heavy atom. The van der Waals surface area contributed by atoms with Gasteiger partial charge in [-0.15, -0.1) is 0 Å². The molecule has 0 atom stereocenters. The Labute approximate surface area is 157 Å². The van der Waals surface area contributed by atoms with Crippen LogP contribution in [0, 0.1) is 0 Å². The number of anilines is 1. The van der Waals surface area contributed by atoms with Crippen molar-refractivity contribution < 1.29 is 9.32 Å². The molecule has 0 bridgehead atoms. The topological polar surface area (TPSA) is 92.9 Å². The van der Waals surface area contributed by atoms with E-state index in [1.54, 1.807) is 12.4 Å². The van der Waals surface area contributed by atoms with Gasteiger partial charge in [-0.05, 0) is 36.6 Å². The fourth-order valence-electron chi connectivity index (χ4n) is 3.32. The number of nitrogens with zero attached hydrogens (tertiary/aromatic N) is 3. The van der Waals surface area contributed by atoms with Gasteiger partial charge in [-0.3, -0.25) is 4.98 Å². The van der Waals surface area contributed by atoms with Gasteiger partial charge in [0, 0.05) is 29.7 Å². The fourth-order valence-corrected chi connectivity index (χ4v) is 3.32. The van der Waals surface area contributed by atoms with Crippen LogP contribution >= 0.6 is 0 Å². The number of rotatable bonds is 5. The van der Waals surface area contributed by atoms with Crippen LogP contribution in [0.15, 0.2) is 53.3 Å². The van der Waals surface area contributed by atoms with E-state index in [-0.39, 0.29) is 12.1 Å². The molecule has 4 rings (SSSR count). The van der Waals surface area contributed by atoms with Crippen molar-refractivity contribution in [2.24, 2.45) is 0 Å². The molecule has 27 heavy (non-hydrogen) atoms. The largest absolute Gasteiger partial charge is 0.339 e. The summed E-state index contributed by atoms with van der Waals surface area (Å²) in [5.74, 6) is 1.02. The van der Waals surface area contributed by atoms with Gasteiger partial charge in [-0.1, -0.05) is 36.2 Å². The first kappa shape index (κ1) is 17.2. The summed E-state index contributed by atoms with van der Waals surface area (Å²) >= 11 is 0. The van der Waals surface area contributed by atoms with Crippen molar-refractivity contribution in [2.45, 2.75) is 38.1 Å². The number of carbonyl (C=O) groups excluding carboxylic acids is 1. The van der Waals surface area contributed by atoms with E-state index >= 15 is 0 Å². The Bertz CT molecular complexity index is 904. The Morgan fingerprint density at radius 1 is 1.11 bits per heavy atom. The SMILES string of the molecule is O=C(Nc1ccccc1Cc1nc(-c2ccncc2)no1)NC1CCCC1. The maximum absolute atomic E-state index is 12.3. The summed E-state index contributed by atoms with van der Waals surface area (Å²) < 4.78 is 5.38. The summed E-state index contributed by atoms with van der Waals surface area (Å²) in [4.78, 5) is 20.7. The summed E-state index contributed by atoms with van der Waals surface area (Å²) in [6, 6.07) is 11.4. The number of amides is 2. The molecule has 7 nitrogen and oxygen atoms in total. The van der Waals surface area contributed by atoms with Crippen molar-refractivity contribution in [3.8, 4) is 11.4 Å². The van der Waals surface area contributed by atoms with Gasteiger partial charge in [0.15, 0.2) is 0 Å². The third-order valence-corrected chi connectivity index (χ3v) is 4.70. The summed E-state index contributed by atoms with van der Waals surface area (Å²) in [6.45, 7) is 0. The fraction of sp³-hybridized carbons (Fsp3) is 0.300. The molecule has 1 aliphatic rings. The highest BCUT2D eigenvalue weighted by Crippen LogP contribution is 2.21. The van der Waals surface area contributed by atoms with Crippen LogP contribution < -0.4 is 10.6 Å². The van der Waals surface area contributed by atoms with E-state index in [2.05, 4.69) is 25.8 Å². The van der Waals surface area contributed by atoms with Gasteiger partial charge >= 0.3 is 6.03 Å². The number of para-hydroxylation sites is 1. The van der Waals surface area contributed by atoms with Crippen LogP contribution in [0.2, 0.25) is 0 Å². The van der Waals surface area contributed by atoms with Crippen LogP contribution in [-0.4, -0.2) is 27.2 Å². The van der Waals surface area contributed by atoms with Crippen LogP contribution in [-0.2, 0) is 6.42 Å². The minimum absolute atomic E-state index is 0.169. The molecule has 7 heteroatoms. The lowest BCUT2D eigenvalue weighted by molar-refractivity contribution is 0.248. The predicted octanol–water partition coefficient (Wildman–Crippen LogP) is 3.79. The number of benzene rings is 1. The number of hydrogen-bond acceptors (Lipinski definition) is 5. The van der Waals surface area contributed by atoms with E-state index in [1.807, 2.05) is 36.4 Å². The number of nitrogens with one attached hydrogen (secondary N) is 2. The standard InChI is InChI=1S/C20H21N5O2/c26-20(22-16-6-2-3-7-16)23-17-8-4-1-5-15(17)13-18-24-19(25-27-18)14-9-11-21-12-10-14/h1,4-5,8-12,16H,2-3,6-7,13H2,(H2,22,23,26). The van der Waals surface area contributed by atoms with Crippen molar-refractivity contribution in [3.63, 3.8) is 0 Å². The number of pyridine rings is 1. The summed E-state index contributed by atoms with van der Waals surface area (Å²) in [7, 11) is 0. The molecule has 3 aromatic rings. The van der Waals surface area contributed by atoms with Crippen molar-refractivity contribution in [1.29, 1.82) is 0 Å². The van der Waals surface area contributed by atoms with Gasteiger partial charge in [-0.2, -0.15) is 4.98 Å². The van der Waals surface area contributed by atoms with Crippen molar-refractivity contribution >= 4 is 11.7 Å². The predicted molar refractivity (Wildman–Crippen MR) is 101 cm³/mol. The maximum atomic E-state index is 12.3. The van der Waals surface area contributed by atoms with E-state index in [4.69, 9.17) is 4.52 Å². The second kappa shape index (κ2) is 7.99. The molecule has 138 valence electrons. The lowest BCUT2D eigenvalue weighted by atomic mass is 10.1. The summed E-state index contributed by atoms with van der Waals surface area (Å²) in [5, 5.41) is 10.0. The quantitative estimate of drug-likeness (QED) is 0.719. The summed E-state index contributed by atoms with van der Waals surface area (Å²) in [6.07, 6.45) is 8.28. The maximum Gasteiger partial charge on any atom is 0.319 e. The lowest BCUT2D eigenvalue weighted by Crippen LogP contribution is -2.36. The molecule has 0 spiro atoms. The third-order valence-electron chi connectivity index (χ3n) is 4.70. The molecule has 1 aliphatic carbocycles. The van der Waals surface area contributed by atoms with E-state index in [1.165, 1.54) is 12.8 Å². The first-order valence-corrected chi connectivity index (χ1v) is 9.16. The zero-order chi connectivity index (χ0) is 18.5. The second-order valence-corrected chi connectivity index (χ2v) is 6.66. The molecule has 2 heterocycles. The number of aromatic nitrogens is 3. The van der Waals surface area contributed by atoms with E-state index < -0.39 is 0 Å². The van der Waals surface area contributed by atoms with Crippen LogP contribution in [0.5, 0.6) is 0 Å². The monoisotopic (exact) mass is 363 g/mol. The molecular formula is C20H21N5O2. The smallest absolute Gasteiger partial charge is 0.319 e. The molecule has 0 saturated heterocycles. The van der Waals surface area contributed by atoms with Crippen molar-refractivity contribution in [2.75, 3.05) is 5.32 Å². The molecule has 1 aromatic carbocycles. The Balaban J connectivity index is 1.45. The number of carbonyl (C=O) groups is 1. The molecule has 2 N–H and O–H groups in total. The van der Waals surface area contributed by atoms with Crippen LogP contribution in [0.4, 0.5) is 10.5 Å². The average molecular weight is 363 g/mol. The average Bonchev–Trinajstić information content (AvgIpc) is 3.36. The highest BCUT2D eigenvalue weighted by Gasteiger charge is 2.18. The molecule has 1 saturated carbocycles.